The van der Waals surface area contributed by atoms with Gasteiger partial charge in [-0.05, 0) is 0 Å². The maximum Gasteiger partial charge on any atom is 0.168 e. The molecule has 2 rings (SSSR count). The topological polar surface area (TPSA) is 92.4 Å². The Labute approximate surface area is 104 Å². The van der Waals surface area contributed by atoms with Gasteiger partial charge in [-0.25, -0.2) is 13.4 Å². The van der Waals surface area contributed by atoms with E-state index in [0.717, 1.165) is 0 Å². The molecule has 6 nitrogen and oxygen atoms in total. The van der Waals surface area contributed by atoms with E-state index >= 15 is 0 Å². The highest BCUT2D eigenvalue weighted by Gasteiger charge is 2.37. The molecule has 1 saturated heterocycles. The molecule has 17 heavy (non-hydrogen) atoms. The summed E-state index contributed by atoms with van der Waals surface area (Å²) >= 11 is 1.24. The summed E-state index contributed by atoms with van der Waals surface area (Å²) in [5, 5.41) is 18.9. The van der Waals surface area contributed by atoms with E-state index in [4.69, 9.17) is 5.11 Å². The number of sulfone groups is 1. The molecule has 2 N–H and O–H groups in total. The molecule has 0 aliphatic carbocycles. The summed E-state index contributed by atoms with van der Waals surface area (Å²) in [5.41, 5.74) is 0.655. The first kappa shape index (κ1) is 12.9. The third-order valence-corrected chi connectivity index (χ3v) is 6.03. The minimum absolute atomic E-state index is 0.0276. The lowest BCUT2D eigenvalue weighted by atomic mass is 10.3. The van der Waals surface area contributed by atoms with Crippen LogP contribution in [0, 0.1) is 0 Å². The van der Waals surface area contributed by atoms with Gasteiger partial charge in [0.15, 0.2) is 15.0 Å². The zero-order chi connectivity index (χ0) is 12.6. The van der Waals surface area contributed by atoms with E-state index in [2.05, 4.69) is 4.98 Å². The molecule has 0 spiro atoms. The SMILES string of the molecule is Cn1c(CO)cnc1SC1CS(=O)(=O)CC1O. The Hall–Kier alpha value is -0.570. The Morgan fingerprint density at radius 2 is 2.29 bits per heavy atom. The zero-order valence-corrected chi connectivity index (χ0v) is 10.9. The third-order valence-electron chi connectivity index (χ3n) is 2.73. The molecule has 1 aliphatic rings. The summed E-state index contributed by atoms with van der Waals surface area (Å²) in [4.78, 5) is 4.09. The molecule has 0 saturated carbocycles. The minimum Gasteiger partial charge on any atom is -0.391 e. The molecule has 2 unspecified atom stereocenters. The lowest BCUT2D eigenvalue weighted by molar-refractivity contribution is 0.207. The molecule has 0 bridgehead atoms. The van der Waals surface area contributed by atoms with Crippen molar-refractivity contribution in [2.24, 2.45) is 7.05 Å². The highest BCUT2D eigenvalue weighted by atomic mass is 32.2. The number of thioether (sulfide) groups is 1. The number of hydrogen-bond donors (Lipinski definition) is 2. The Kier molecular flexibility index (Phi) is 3.48. The van der Waals surface area contributed by atoms with Gasteiger partial charge in [-0.1, -0.05) is 11.8 Å². The molecule has 96 valence electrons. The molecule has 0 amide bonds. The van der Waals surface area contributed by atoms with Crippen molar-refractivity contribution in [1.82, 2.24) is 9.55 Å². The number of aromatic nitrogens is 2. The van der Waals surface area contributed by atoms with Crippen molar-refractivity contribution in [2.75, 3.05) is 11.5 Å². The summed E-state index contributed by atoms with van der Waals surface area (Å²) in [6, 6.07) is 0. The molecule has 2 heterocycles. The van der Waals surface area contributed by atoms with Crippen LogP contribution >= 0.6 is 11.8 Å². The van der Waals surface area contributed by atoms with Crippen molar-refractivity contribution in [3.8, 4) is 0 Å². The molecule has 1 aromatic rings. The van der Waals surface area contributed by atoms with Crippen LogP contribution in [0.15, 0.2) is 11.4 Å². The lowest BCUT2D eigenvalue weighted by Crippen LogP contribution is -2.20. The van der Waals surface area contributed by atoms with Gasteiger partial charge in [0, 0.05) is 7.05 Å². The van der Waals surface area contributed by atoms with Crippen molar-refractivity contribution in [3.05, 3.63) is 11.9 Å². The monoisotopic (exact) mass is 278 g/mol. The van der Waals surface area contributed by atoms with E-state index in [1.807, 2.05) is 0 Å². The average Bonchev–Trinajstić information content (AvgIpc) is 2.69. The number of aliphatic hydroxyl groups excluding tert-OH is 2. The maximum absolute atomic E-state index is 11.3. The highest BCUT2D eigenvalue weighted by molar-refractivity contribution is 8.01. The summed E-state index contributed by atoms with van der Waals surface area (Å²) in [6.07, 6.45) is 0.692. The van der Waals surface area contributed by atoms with Gasteiger partial charge < -0.3 is 14.8 Å². The zero-order valence-electron chi connectivity index (χ0n) is 9.28. The van der Waals surface area contributed by atoms with Gasteiger partial charge in [0.2, 0.25) is 0 Å². The summed E-state index contributed by atoms with van der Waals surface area (Å²) in [5.74, 6) is -0.206. The van der Waals surface area contributed by atoms with Crippen molar-refractivity contribution in [2.45, 2.75) is 23.1 Å². The van der Waals surface area contributed by atoms with Crippen molar-refractivity contribution < 1.29 is 18.6 Å². The van der Waals surface area contributed by atoms with Crippen LogP contribution in [0.4, 0.5) is 0 Å². The fourth-order valence-electron chi connectivity index (χ4n) is 1.73. The van der Waals surface area contributed by atoms with E-state index in [9.17, 15) is 13.5 Å². The average molecular weight is 278 g/mol. The Morgan fingerprint density at radius 3 is 2.76 bits per heavy atom. The summed E-state index contributed by atoms with van der Waals surface area (Å²) in [6.45, 7) is -0.115. The Morgan fingerprint density at radius 1 is 1.59 bits per heavy atom. The summed E-state index contributed by atoms with van der Waals surface area (Å²) < 4.78 is 24.4. The van der Waals surface area contributed by atoms with Gasteiger partial charge in [-0.3, -0.25) is 0 Å². The van der Waals surface area contributed by atoms with Crippen LogP contribution in [0.1, 0.15) is 5.69 Å². The predicted molar refractivity (Wildman–Crippen MR) is 63.4 cm³/mol. The maximum atomic E-state index is 11.3. The first-order valence-corrected chi connectivity index (χ1v) is 7.79. The number of rotatable bonds is 3. The molecule has 2 atom stereocenters. The largest absolute Gasteiger partial charge is 0.391 e. The van der Waals surface area contributed by atoms with Gasteiger partial charge in [0.05, 0.1) is 41.4 Å². The van der Waals surface area contributed by atoms with Crippen molar-refractivity contribution in [3.63, 3.8) is 0 Å². The van der Waals surface area contributed by atoms with Crippen LogP contribution < -0.4 is 0 Å². The van der Waals surface area contributed by atoms with Gasteiger partial charge >= 0.3 is 0 Å². The molecule has 1 aliphatic heterocycles. The third kappa shape index (κ3) is 2.65. The fraction of sp³-hybridized carbons (Fsp3) is 0.667. The standard InChI is InChI=1S/C9H14N2O4S2/c1-11-6(3-12)2-10-9(11)16-8-5-17(14,15)4-7(8)13/h2,7-8,12-13H,3-5H2,1H3. The second kappa shape index (κ2) is 4.60. The Balaban J connectivity index is 2.14. The normalized spacial score (nSPS) is 27.5. The van der Waals surface area contributed by atoms with Gasteiger partial charge in [0.1, 0.15) is 0 Å². The number of aliphatic hydroxyl groups is 2. The Bertz CT molecular complexity index is 511. The molecule has 1 fully saturated rings. The van der Waals surface area contributed by atoms with Crippen LogP contribution in [0.25, 0.3) is 0 Å². The van der Waals surface area contributed by atoms with E-state index in [-0.39, 0.29) is 23.4 Å². The van der Waals surface area contributed by atoms with Gasteiger partial charge in [0.25, 0.3) is 0 Å². The molecule has 0 aromatic carbocycles. The second-order valence-electron chi connectivity index (χ2n) is 4.05. The van der Waals surface area contributed by atoms with E-state index < -0.39 is 15.9 Å². The summed E-state index contributed by atoms with van der Waals surface area (Å²) in [7, 11) is -1.39. The first-order valence-electron chi connectivity index (χ1n) is 5.09. The molecule has 1 aromatic heterocycles. The second-order valence-corrected chi connectivity index (χ2v) is 7.41. The van der Waals surface area contributed by atoms with Crippen LogP contribution in [0.5, 0.6) is 0 Å². The minimum atomic E-state index is -3.13. The first-order chi connectivity index (χ1) is 7.93. The number of hydrogen-bond acceptors (Lipinski definition) is 6. The smallest absolute Gasteiger partial charge is 0.168 e. The number of imidazole rings is 1. The lowest BCUT2D eigenvalue weighted by Gasteiger charge is -2.11. The van der Waals surface area contributed by atoms with Crippen molar-refractivity contribution >= 4 is 21.6 Å². The quantitative estimate of drug-likeness (QED) is 0.749. The molecule has 8 heteroatoms. The van der Waals surface area contributed by atoms with Crippen LogP contribution in [-0.2, 0) is 23.5 Å². The fourth-order valence-corrected chi connectivity index (χ4v) is 5.27. The van der Waals surface area contributed by atoms with Crippen LogP contribution in [0.3, 0.4) is 0 Å². The van der Waals surface area contributed by atoms with Crippen LogP contribution in [0.2, 0.25) is 0 Å². The molecule has 0 radical (unpaired) electrons. The molecular formula is C9H14N2O4S2. The van der Waals surface area contributed by atoms with E-state index in [0.29, 0.717) is 10.9 Å². The highest BCUT2D eigenvalue weighted by Crippen LogP contribution is 2.30. The van der Waals surface area contributed by atoms with Gasteiger partial charge in [-0.2, -0.15) is 0 Å². The van der Waals surface area contributed by atoms with E-state index in [1.165, 1.54) is 18.0 Å². The van der Waals surface area contributed by atoms with Crippen LogP contribution in [-0.4, -0.2) is 51.0 Å². The van der Waals surface area contributed by atoms with Gasteiger partial charge in [-0.15, -0.1) is 0 Å². The predicted octanol–water partition coefficient (Wildman–Crippen LogP) is -0.838. The number of nitrogens with zero attached hydrogens (tertiary/aromatic N) is 2. The van der Waals surface area contributed by atoms with E-state index in [1.54, 1.807) is 11.6 Å². The van der Waals surface area contributed by atoms with Crippen molar-refractivity contribution in [1.29, 1.82) is 0 Å². The molecular weight excluding hydrogens is 264 g/mol.